The minimum Gasteiger partial charge on any atom is -0.484 e. The van der Waals surface area contributed by atoms with Crippen LogP contribution in [0.2, 0.25) is 0 Å². The lowest BCUT2D eigenvalue weighted by Crippen LogP contribution is -2.20. The maximum absolute atomic E-state index is 11.7. The lowest BCUT2D eigenvalue weighted by Gasteiger charge is -2.03. The maximum atomic E-state index is 11.7. The fourth-order valence-corrected chi connectivity index (χ4v) is 2.23. The molecule has 1 aromatic heterocycles. The second-order valence-electron chi connectivity index (χ2n) is 4.63. The van der Waals surface area contributed by atoms with E-state index in [0.717, 1.165) is 5.56 Å². The molecule has 0 aliphatic heterocycles. The van der Waals surface area contributed by atoms with Gasteiger partial charge in [-0.1, -0.05) is 11.8 Å². The van der Waals surface area contributed by atoms with Crippen LogP contribution in [0.3, 0.4) is 0 Å². The van der Waals surface area contributed by atoms with Crippen LogP contribution in [0.4, 0.5) is 0 Å². The van der Waals surface area contributed by atoms with Crippen LogP contribution >= 0.6 is 11.8 Å². The topological polar surface area (TPSA) is 124 Å². The van der Waals surface area contributed by atoms with Crippen LogP contribution in [0.1, 0.15) is 5.56 Å². The summed E-state index contributed by atoms with van der Waals surface area (Å²) in [4.78, 5) is 22.3. The summed E-state index contributed by atoms with van der Waals surface area (Å²) in [5, 5.41) is 12.1. The van der Waals surface area contributed by atoms with Crippen molar-refractivity contribution in [3.8, 4) is 5.75 Å². The molecule has 0 radical (unpaired) electrons. The number of nitrogens with one attached hydrogen (secondary N) is 1. The van der Waals surface area contributed by atoms with Crippen LogP contribution < -0.4 is 15.9 Å². The van der Waals surface area contributed by atoms with Gasteiger partial charge in [-0.2, -0.15) is 5.10 Å². The maximum Gasteiger partial charge on any atom is 0.255 e. The highest BCUT2D eigenvalue weighted by Crippen LogP contribution is 2.12. The van der Waals surface area contributed by atoms with Gasteiger partial charge in [0.1, 0.15) is 12.1 Å². The first kappa shape index (κ1) is 17.5. The van der Waals surface area contributed by atoms with Gasteiger partial charge in [0, 0.05) is 7.05 Å². The Morgan fingerprint density at radius 1 is 1.42 bits per heavy atom. The predicted octanol–water partition coefficient (Wildman–Crippen LogP) is -0.0784. The number of aromatic nitrogens is 3. The average Bonchev–Trinajstić information content (AvgIpc) is 2.97. The molecule has 0 bridgehead atoms. The Kier molecular flexibility index (Phi) is 6.32. The minimum absolute atomic E-state index is 0.174. The molecule has 3 N–H and O–H groups in total. The molecule has 2 rings (SSSR count). The van der Waals surface area contributed by atoms with Gasteiger partial charge < -0.3 is 15.0 Å². The Hall–Kier alpha value is -2.88. The van der Waals surface area contributed by atoms with Gasteiger partial charge in [-0.25, -0.2) is 5.43 Å². The van der Waals surface area contributed by atoms with Crippen LogP contribution in [0.15, 0.2) is 40.9 Å². The van der Waals surface area contributed by atoms with E-state index < -0.39 is 5.91 Å². The summed E-state index contributed by atoms with van der Waals surface area (Å²) in [6.07, 6.45) is 3.07. The molecule has 2 aromatic rings. The van der Waals surface area contributed by atoms with E-state index in [1.165, 1.54) is 18.0 Å². The second kappa shape index (κ2) is 8.67. The largest absolute Gasteiger partial charge is 0.484 e. The summed E-state index contributed by atoms with van der Waals surface area (Å²) < 4.78 is 6.86. The zero-order chi connectivity index (χ0) is 17.4. The molecule has 10 heteroatoms. The Morgan fingerprint density at radius 2 is 2.17 bits per heavy atom. The van der Waals surface area contributed by atoms with E-state index in [2.05, 4.69) is 20.7 Å². The summed E-state index contributed by atoms with van der Waals surface area (Å²) in [6.45, 7) is -0.174. The van der Waals surface area contributed by atoms with Gasteiger partial charge in [-0.15, -0.1) is 10.2 Å². The average molecular weight is 348 g/mol. The van der Waals surface area contributed by atoms with Gasteiger partial charge in [-0.05, 0) is 29.8 Å². The van der Waals surface area contributed by atoms with Crippen LogP contribution in [-0.2, 0) is 16.6 Å². The highest BCUT2D eigenvalue weighted by molar-refractivity contribution is 7.99. The molecule has 126 valence electrons. The fraction of sp³-hybridized carbons (Fsp3) is 0.214. The second-order valence-corrected chi connectivity index (χ2v) is 5.57. The molecule has 0 aliphatic carbocycles. The number of hydrogen-bond acceptors (Lipinski definition) is 7. The number of hydrazone groups is 1. The zero-order valence-corrected chi connectivity index (χ0v) is 13.7. The number of nitrogens with two attached hydrogens (primary N) is 1. The normalized spacial score (nSPS) is 10.7. The first-order valence-electron chi connectivity index (χ1n) is 6.84. The third kappa shape index (κ3) is 5.72. The number of aryl methyl sites for hydroxylation is 1. The quantitative estimate of drug-likeness (QED) is 0.391. The van der Waals surface area contributed by atoms with Gasteiger partial charge in [0.25, 0.3) is 11.8 Å². The number of primary amides is 1. The lowest BCUT2D eigenvalue weighted by atomic mass is 10.2. The number of hydrogen-bond donors (Lipinski definition) is 2. The molecule has 24 heavy (non-hydrogen) atoms. The molecule has 0 fully saturated rings. The number of amides is 2. The molecular weight excluding hydrogens is 332 g/mol. The van der Waals surface area contributed by atoms with E-state index in [0.29, 0.717) is 10.9 Å². The predicted molar refractivity (Wildman–Crippen MR) is 88.6 cm³/mol. The molecule has 0 spiro atoms. The van der Waals surface area contributed by atoms with E-state index in [9.17, 15) is 9.59 Å². The van der Waals surface area contributed by atoms with Crippen molar-refractivity contribution in [2.24, 2.45) is 17.9 Å². The smallest absolute Gasteiger partial charge is 0.255 e. The highest BCUT2D eigenvalue weighted by Gasteiger charge is 2.05. The molecule has 1 heterocycles. The van der Waals surface area contributed by atoms with Crippen LogP contribution in [0, 0.1) is 0 Å². The van der Waals surface area contributed by atoms with Crippen molar-refractivity contribution in [3.05, 3.63) is 36.2 Å². The number of rotatable bonds is 8. The Balaban J connectivity index is 1.75. The summed E-state index contributed by atoms with van der Waals surface area (Å²) in [7, 11) is 1.80. The molecule has 0 aliphatic rings. The van der Waals surface area contributed by atoms with Crippen LogP contribution in [0.25, 0.3) is 0 Å². The van der Waals surface area contributed by atoms with Crippen LogP contribution in [-0.4, -0.2) is 45.2 Å². The van der Waals surface area contributed by atoms with Crippen molar-refractivity contribution >= 4 is 29.8 Å². The van der Waals surface area contributed by atoms with Crippen molar-refractivity contribution in [2.75, 3.05) is 12.4 Å². The molecule has 0 atom stereocenters. The van der Waals surface area contributed by atoms with Gasteiger partial charge >= 0.3 is 0 Å². The van der Waals surface area contributed by atoms with E-state index in [4.69, 9.17) is 10.5 Å². The van der Waals surface area contributed by atoms with Crippen molar-refractivity contribution < 1.29 is 14.3 Å². The van der Waals surface area contributed by atoms with E-state index in [-0.39, 0.29) is 18.3 Å². The van der Waals surface area contributed by atoms with Crippen molar-refractivity contribution in [3.63, 3.8) is 0 Å². The highest BCUT2D eigenvalue weighted by atomic mass is 32.2. The first-order chi connectivity index (χ1) is 11.5. The summed E-state index contributed by atoms with van der Waals surface area (Å²) in [5.41, 5.74) is 8.19. The minimum atomic E-state index is -0.539. The van der Waals surface area contributed by atoms with Gasteiger partial charge in [-0.3, -0.25) is 9.59 Å². The molecular formula is C14H16N6O3S. The standard InChI is InChI=1S/C14H16N6O3S/c1-20-9-17-19-14(20)24-8-13(22)18-16-6-10-2-4-11(5-3-10)23-7-12(15)21/h2-6,9H,7-8H2,1H3,(H2,15,21)(H,18,22)/b16-6-. The molecule has 0 unspecified atom stereocenters. The molecule has 1 aromatic carbocycles. The number of carbonyl (C=O) groups excluding carboxylic acids is 2. The van der Waals surface area contributed by atoms with Crippen molar-refractivity contribution in [1.82, 2.24) is 20.2 Å². The van der Waals surface area contributed by atoms with Crippen LogP contribution in [0.5, 0.6) is 5.75 Å². The van der Waals surface area contributed by atoms with Gasteiger partial charge in [0.15, 0.2) is 11.8 Å². The number of ether oxygens (including phenoxy) is 1. The Labute approximate surface area is 142 Å². The number of nitrogens with zero attached hydrogens (tertiary/aromatic N) is 4. The molecule has 0 saturated carbocycles. The SMILES string of the molecule is Cn1cnnc1SCC(=O)N/N=C\c1ccc(OCC(N)=O)cc1. The van der Waals surface area contributed by atoms with Gasteiger partial charge in [0.2, 0.25) is 0 Å². The lowest BCUT2D eigenvalue weighted by molar-refractivity contribution is -0.120. The van der Waals surface area contributed by atoms with E-state index >= 15 is 0 Å². The number of thioether (sulfide) groups is 1. The van der Waals surface area contributed by atoms with Crippen molar-refractivity contribution in [2.45, 2.75) is 5.16 Å². The third-order valence-electron chi connectivity index (χ3n) is 2.67. The zero-order valence-electron chi connectivity index (χ0n) is 12.9. The molecule has 0 saturated heterocycles. The Morgan fingerprint density at radius 3 is 2.79 bits per heavy atom. The van der Waals surface area contributed by atoms with E-state index in [1.54, 1.807) is 42.2 Å². The number of carbonyl (C=O) groups is 2. The summed E-state index contributed by atoms with van der Waals surface area (Å²) >= 11 is 1.27. The monoisotopic (exact) mass is 348 g/mol. The molecule has 9 nitrogen and oxygen atoms in total. The number of benzene rings is 1. The van der Waals surface area contributed by atoms with Gasteiger partial charge in [0.05, 0.1) is 12.0 Å². The fourth-order valence-electron chi connectivity index (χ4n) is 1.55. The summed E-state index contributed by atoms with van der Waals surface area (Å²) in [5.74, 6) is -0.0812. The third-order valence-corrected chi connectivity index (χ3v) is 3.70. The summed E-state index contributed by atoms with van der Waals surface area (Å²) in [6, 6.07) is 6.83. The van der Waals surface area contributed by atoms with Crippen molar-refractivity contribution in [1.29, 1.82) is 0 Å². The Bertz CT molecular complexity index is 728. The van der Waals surface area contributed by atoms with E-state index in [1.807, 2.05) is 0 Å². The molecule has 2 amide bonds. The first-order valence-corrected chi connectivity index (χ1v) is 7.83.